The lowest BCUT2D eigenvalue weighted by Crippen LogP contribution is -2.49. The third-order valence-corrected chi connectivity index (χ3v) is 6.16. The fourth-order valence-corrected chi connectivity index (χ4v) is 4.42. The Kier molecular flexibility index (Phi) is 6.14. The molecule has 0 radical (unpaired) electrons. The molecule has 5 heteroatoms. The number of likely N-dealkylation sites (N-methyl/N-ethyl adjacent to an activating group) is 1. The monoisotopic (exact) mass is 335 g/mol. The van der Waals surface area contributed by atoms with Crippen LogP contribution in [0, 0.1) is 11.8 Å². The molecule has 3 rings (SSSR count). The third kappa shape index (κ3) is 4.29. The molecule has 1 aliphatic carbocycles. The maximum Gasteiger partial charge on any atom is 0.225 e. The minimum Gasteiger partial charge on any atom is -0.342 e. The first-order chi connectivity index (χ1) is 11.6. The molecule has 0 unspecified atom stereocenters. The molecule has 2 saturated heterocycles. The fourth-order valence-electron chi connectivity index (χ4n) is 4.42. The Balaban J connectivity index is 1.46. The van der Waals surface area contributed by atoms with Gasteiger partial charge in [-0.25, -0.2) is 0 Å². The maximum atomic E-state index is 12.7. The summed E-state index contributed by atoms with van der Waals surface area (Å²) >= 11 is 0. The summed E-state index contributed by atoms with van der Waals surface area (Å²) in [7, 11) is 2.11. The lowest BCUT2D eigenvalue weighted by molar-refractivity contribution is -0.142. The van der Waals surface area contributed by atoms with Crippen LogP contribution in [-0.2, 0) is 9.59 Å². The molecule has 2 amide bonds. The van der Waals surface area contributed by atoms with Gasteiger partial charge in [0.05, 0.1) is 0 Å². The molecule has 1 saturated carbocycles. The molecule has 136 valence electrons. The zero-order valence-corrected chi connectivity index (χ0v) is 15.2. The molecule has 3 fully saturated rings. The van der Waals surface area contributed by atoms with Gasteiger partial charge in [0.15, 0.2) is 0 Å². The summed E-state index contributed by atoms with van der Waals surface area (Å²) in [4.78, 5) is 31.9. The Hall–Kier alpha value is -1.10. The van der Waals surface area contributed by atoms with Crippen molar-refractivity contribution in [1.29, 1.82) is 0 Å². The van der Waals surface area contributed by atoms with E-state index in [1.165, 1.54) is 12.8 Å². The van der Waals surface area contributed by atoms with Crippen molar-refractivity contribution in [2.24, 2.45) is 11.8 Å². The zero-order valence-electron chi connectivity index (χ0n) is 15.2. The molecule has 0 N–H and O–H groups in total. The van der Waals surface area contributed by atoms with Crippen molar-refractivity contribution >= 4 is 11.8 Å². The van der Waals surface area contributed by atoms with Crippen molar-refractivity contribution in [3.05, 3.63) is 0 Å². The number of hydrogen-bond acceptors (Lipinski definition) is 3. The molecule has 2 aliphatic heterocycles. The second kappa shape index (κ2) is 8.32. The minimum absolute atomic E-state index is 0.154. The van der Waals surface area contributed by atoms with Gasteiger partial charge in [0, 0.05) is 51.1 Å². The normalized spacial score (nSPS) is 30.0. The second-order valence-corrected chi connectivity index (χ2v) is 7.92. The highest BCUT2D eigenvalue weighted by molar-refractivity contribution is 5.81. The van der Waals surface area contributed by atoms with Crippen molar-refractivity contribution in [3.8, 4) is 0 Å². The summed E-state index contributed by atoms with van der Waals surface area (Å²) in [6.07, 6.45) is 8.43. The maximum absolute atomic E-state index is 12.7. The highest BCUT2D eigenvalue weighted by Gasteiger charge is 2.34. The molecule has 0 atom stereocenters. The van der Waals surface area contributed by atoms with E-state index in [9.17, 15) is 9.59 Å². The van der Waals surface area contributed by atoms with E-state index in [1.807, 2.05) is 4.90 Å². The summed E-state index contributed by atoms with van der Waals surface area (Å²) < 4.78 is 0. The van der Waals surface area contributed by atoms with Crippen LogP contribution in [0.15, 0.2) is 0 Å². The summed E-state index contributed by atoms with van der Waals surface area (Å²) in [6, 6.07) is 0. The molecule has 3 aliphatic rings. The fraction of sp³-hybridized carbons (Fsp3) is 0.895. The van der Waals surface area contributed by atoms with Crippen LogP contribution in [0.4, 0.5) is 0 Å². The van der Waals surface area contributed by atoms with E-state index >= 15 is 0 Å². The van der Waals surface area contributed by atoms with Gasteiger partial charge in [-0.15, -0.1) is 0 Å². The van der Waals surface area contributed by atoms with Gasteiger partial charge in [0.25, 0.3) is 0 Å². The van der Waals surface area contributed by atoms with Crippen molar-refractivity contribution < 1.29 is 9.59 Å². The SMILES string of the molecule is CN1CCN(C(=O)C2CCC(C(=O)N3CCCCCC3)CC2)CC1. The first-order valence-electron chi connectivity index (χ1n) is 9.91. The first-order valence-corrected chi connectivity index (χ1v) is 9.91. The summed E-state index contributed by atoms with van der Waals surface area (Å²) in [5.41, 5.74) is 0. The van der Waals surface area contributed by atoms with E-state index in [2.05, 4.69) is 16.8 Å². The van der Waals surface area contributed by atoms with Crippen molar-refractivity contribution in [2.75, 3.05) is 46.3 Å². The van der Waals surface area contributed by atoms with Gasteiger partial charge in [-0.2, -0.15) is 0 Å². The van der Waals surface area contributed by atoms with E-state index in [1.54, 1.807) is 0 Å². The largest absolute Gasteiger partial charge is 0.342 e. The number of carbonyl (C=O) groups is 2. The summed E-state index contributed by atoms with van der Waals surface area (Å²) in [5.74, 6) is 1.02. The van der Waals surface area contributed by atoms with E-state index in [-0.39, 0.29) is 11.8 Å². The number of likely N-dealkylation sites (tertiary alicyclic amines) is 1. The average molecular weight is 335 g/mol. The summed E-state index contributed by atoms with van der Waals surface area (Å²) in [6.45, 7) is 5.57. The lowest BCUT2D eigenvalue weighted by Gasteiger charge is -2.37. The average Bonchev–Trinajstić information content (AvgIpc) is 2.91. The third-order valence-electron chi connectivity index (χ3n) is 6.16. The topological polar surface area (TPSA) is 43.9 Å². The van der Waals surface area contributed by atoms with Gasteiger partial charge < -0.3 is 14.7 Å². The molecule has 0 aromatic rings. The van der Waals surface area contributed by atoms with E-state index in [0.717, 1.165) is 77.8 Å². The molecule has 2 heterocycles. The summed E-state index contributed by atoms with van der Waals surface area (Å²) in [5, 5.41) is 0. The molecule has 24 heavy (non-hydrogen) atoms. The van der Waals surface area contributed by atoms with E-state index in [4.69, 9.17) is 0 Å². The predicted molar refractivity (Wildman–Crippen MR) is 94.6 cm³/mol. The van der Waals surface area contributed by atoms with E-state index < -0.39 is 0 Å². The van der Waals surface area contributed by atoms with Crippen LogP contribution in [0.25, 0.3) is 0 Å². The predicted octanol–water partition coefficient (Wildman–Crippen LogP) is 1.97. The quantitative estimate of drug-likeness (QED) is 0.775. The van der Waals surface area contributed by atoms with Crippen molar-refractivity contribution in [3.63, 3.8) is 0 Å². The van der Waals surface area contributed by atoms with Crippen LogP contribution >= 0.6 is 0 Å². The van der Waals surface area contributed by atoms with Crippen LogP contribution in [0.5, 0.6) is 0 Å². The number of carbonyl (C=O) groups excluding carboxylic acids is 2. The van der Waals surface area contributed by atoms with Gasteiger partial charge in [0.1, 0.15) is 0 Å². The number of nitrogens with zero attached hydrogens (tertiary/aromatic N) is 3. The first kappa shape index (κ1) is 17.7. The van der Waals surface area contributed by atoms with Crippen LogP contribution in [-0.4, -0.2) is 72.8 Å². The Morgan fingerprint density at radius 1 is 0.625 bits per heavy atom. The molecule has 5 nitrogen and oxygen atoms in total. The molecule has 0 aromatic carbocycles. The van der Waals surface area contributed by atoms with Gasteiger partial charge in [-0.3, -0.25) is 9.59 Å². The van der Waals surface area contributed by atoms with Gasteiger partial charge in [0.2, 0.25) is 11.8 Å². The molecular weight excluding hydrogens is 302 g/mol. The second-order valence-electron chi connectivity index (χ2n) is 7.92. The number of hydrogen-bond donors (Lipinski definition) is 0. The van der Waals surface area contributed by atoms with Gasteiger partial charge in [-0.05, 0) is 45.6 Å². The Morgan fingerprint density at radius 3 is 1.50 bits per heavy atom. The van der Waals surface area contributed by atoms with Crippen LogP contribution in [0.3, 0.4) is 0 Å². The number of rotatable bonds is 2. The molecule has 0 spiro atoms. The van der Waals surface area contributed by atoms with Crippen LogP contribution < -0.4 is 0 Å². The molecule has 0 bridgehead atoms. The van der Waals surface area contributed by atoms with E-state index in [0.29, 0.717) is 11.8 Å². The highest BCUT2D eigenvalue weighted by atomic mass is 16.2. The number of piperazine rings is 1. The smallest absolute Gasteiger partial charge is 0.225 e. The molecular formula is C19H33N3O2. The van der Waals surface area contributed by atoms with Crippen LogP contribution in [0.1, 0.15) is 51.4 Å². The highest BCUT2D eigenvalue weighted by Crippen LogP contribution is 2.32. The zero-order chi connectivity index (χ0) is 16.9. The Bertz CT molecular complexity index is 430. The molecule has 0 aromatic heterocycles. The number of amides is 2. The van der Waals surface area contributed by atoms with Crippen molar-refractivity contribution in [2.45, 2.75) is 51.4 Å². The lowest BCUT2D eigenvalue weighted by atomic mass is 9.80. The van der Waals surface area contributed by atoms with Gasteiger partial charge >= 0.3 is 0 Å². The Morgan fingerprint density at radius 2 is 1.04 bits per heavy atom. The standard InChI is InChI=1S/C19H33N3O2/c1-20-12-14-22(15-13-20)19(24)17-8-6-16(7-9-17)18(23)21-10-4-2-3-5-11-21/h16-17H,2-15H2,1H3. The minimum atomic E-state index is 0.154. The van der Waals surface area contributed by atoms with Gasteiger partial charge in [-0.1, -0.05) is 12.8 Å². The van der Waals surface area contributed by atoms with Crippen LogP contribution in [0.2, 0.25) is 0 Å². The van der Waals surface area contributed by atoms with Crippen molar-refractivity contribution in [1.82, 2.24) is 14.7 Å². The Labute approximate surface area is 146 Å².